The van der Waals surface area contributed by atoms with Gasteiger partial charge in [-0.2, -0.15) is 0 Å². The number of carbonyl (C=O) groups is 1. The molecule has 0 spiro atoms. The molecule has 1 aromatic rings. The van der Waals surface area contributed by atoms with Gasteiger partial charge in [0.2, 0.25) is 5.91 Å². The van der Waals surface area contributed by atoms with Crippen molar-refractivity contribution in [3.63, 3.8) is 0 Å². The standard InChI is InChI=1S/C17H23NO5S/c19-17(18-6-1-2-13-5-9-24(20,21)12-13)11-14-3-4-15-16(10-14)23-8-7-22-15/h3-4,10,13H,1-2,5-9,11-12H2,(H,18,19). The molecule has 6 nitrogen and oxygen atoms in total. The highest BCUT2D eigenvalue weighted by Gasteiger charge is 2.27. The lowest BCUT2D eigenvalue weighted by Crippen LogP contribution is -2.26. The molecular formula is C17H23NO5S. The van der Waals surface area contributed by atoms with E-state index >= 15 is 0 Å². The number of nitrogens with one attached hydrogen (secondary N) is 1. The van der Waals surface area contributed by atoms with E-state index in [0.717, 1.165) is 30.6 Å². The Balaban J connectivity index is 1.38. The molecule has 1 fully saturated rings. The first kappa shape index (κ1) is 17.1. The van der Waals surface area contributed by atoms with Crippen LogP contribution in [0, 0.1) is 5.92 Å². The van der Waals surface area contributed by atoms with Gasteiger partial charge in [0, 0.05) is 6.54 Å². The van der Waals surface area contributed by atoms with Crippen LogP contribution >= 0.6 is 0 Å². The lowest BCUT2D eigenvalue weighted by molar-refractivity contribution is -0.120. The molecular weight excluding hydrogens is 330 g/mol. The van der Waals surface area contributed by atoms with Crippen LogP contribution in [-0.4, -0.2) is 45.6 Å². The van der Waals surface area contributed by atoms with E-state index in [4.69, 9.17) is 9.47 Å². The molecule has 1 saturated heterocycles. The number of carbonyl (C=O) groups excluding carboxylic acids is 1. The van der Waals surface area contributed by atoms with E-state index in [1.165, 1.54) is 0 Å². The van der Waals surface area contributed by atoms with Crippen LogP contribution in [0.15, 0.2) is 18.2 Å². The Hall–Kier alpha value is -1.76. The Morgan fingerprint density at radius 3 is 2.75 bits per heavy atom. The van der Waals surface area contributed by atoms with Gasteiger partial charge in [-0.15, -0.1) is 0 Å². The highest BCUT2D eigenvalue weighted by Crippen LogP contribution is 2.30. The summed E-state index contributed by atoms with van der Waals surface area (Å²) in [5, 5.41) is 2.90. The number of benzene rings is 1. The van der Waals surface area contributed by atoms with Crippen molar-refractivity contribution in [3.8, 4) is 11.5 Å². The first-order valence-electron chi connectivity index (χ1n) is 8.37. The lowest BCUT2D eigenvalue weighted by atomic mass is 10.0. The number of hydrogen-bond acceptors (Lipinski definition) is 5. The van der Waals surface area contributed by atoms with Gasteiger partial charge in [-0.05, 0) is 42.9 Å². The van der Waals surface area contributed by atoms with E-state index in [1.54, 1.807) is 0 Å². The van der Waals surface area contributed by atoms with Gasteiger partial charge >= 0.3 is 0 Å². The molecule has 2 heterocycles. The fourth-order valence-electron chi connectivity index (χ4n) is 3.16. The normalized spacial score (nSPS) is 21.4. The molecule has 132 valence electrons. The maximum atomic E-state index is 12.0. The molecule has 2 aliphatic heterocycles. The Morgan fingerprint density at radius 2 is 2.00 bits per heavy atom. The van der Waals surface area contributed by atoms with Gasteiger partial charge in [0.1, 0.15) is 13.2 Å². The average molecular weight is 353 g/mol. The summed E-state index contributed by atoms with van der Waals surface area (Å²) in [6.07, 6.45) is 2.72. The summed E-state index contributed by atoms with van der Waals surface area (Å²) in [5.41, 5.74) is 0.888. The molecule has 0 aromatic heterocycles. The Bertz CT molecular complexity index is 701. The predicted molar refractivity (Wildman–Crippen MR) is 90.1 cm³/mol. The van der Waals surface area contributed by atoms with Gasteiger partial charge in [0.15, 0.2) is 21.3 Å². The third kappa shape index (κ3) is 4.63. The third-order valence-electron chi connectivity index (χ3n) is 4.41. The van der Waals surface area contributed by atoms with Crippen molar-refractivity contribution in [1.82, 2.24) is 5.32 Å². The summed E-state index contributed by atoms with van der Waals surface area (Å²) >= 11 is 0. The first-order chi connectivity index (χ1) is 11.5. The second kappa shape index (κ2) is 7.42. The van der Waals surface area contributed by atoms with Crippen molar-refractivity contribution < 1.29 is 22.7 Å². The van der Waals surface area contributed by atoms with Gasteiger partial charge in [0.25, 0.3) is 0 Å². The van der Waals surface area contributed by atoms with Gasteiger partial charge < -0.3 is 14.8 Å². The molecule has 2 aliphatic rings. The number of fused-ring (bicyclic) bond motifs is 1. The molecule has 0 saturated carbocycles. The number of ether oxygens (including phenoxy) is 2. The van der Waals surface area contributed by atoms with E-state index in [-0.39, 0.29) is 11.8 Å². The summed E-state index contributed by atoms with van der Waals surface area (Å²) in [6, 6.07) is 5.55. The molecule has 3 rings (SSSR count). The summed E-state index contributed by atoms with van der Waals surface area (Å²) in [4.78, 5) is 12.0. The zero-order valence-electron chi connectivity index (χ0n) is 13.6. The molecule has 0 bridgehead atoms. The second-order valence-corrected chi connectivity index (χ2v) is 8.64. The van der Waals surface area contributed by atoms with E-state index in [1.807, 2.05) is 18.2 Å². The molecule has 24 heavy (non-hydrogen) atoms. The first-order valence-corrected chi connectivity index (χ1v) is 10.2. The topological polar surface area (TPSA) is 81.7 Å². The van der Waals surface area contributed by atoms with Crippen molar-refractivity contribution in [2.45, 2.75) is 25.7 Å². The van der Waals surface area contributed by atoms with E-state index < -0.39 is 9.84 Å². The monoisotopic (exact) mass is 353 g/mol. The Labute approximate surface area is 142 Å². The summed E-state index contributed by atoms with van der Waals surface area (Å²) in [7, 11) is -2.81. The molecule has 1 atom stereocenters. The summed E-state index contributed by atoms with van der Waals surface area (Å²) in [6.45, 7) is 1.66. The number of rotatable bonds is 6. The summed E-state index contributed by atoms with van der Waals surface area (Å²) in [5.74, 6) is 2.24. The zero-order valence-corrected chi connectivity index (χ0v) is 14.4. The molecule has 0 aliphatic carbocycles. The number of amides is 1. The van der Waals surface area contributed by atoms with E-state index in [0.29, 0.717) is 43.4 Å². The molecule has 0 radical (unpaired) electrons. The van der Waals surface area contributed by atoms with Gasteiger partial charge in [-0.3, -0.25) is 4.79 Å². The van der Waals surface area contributed by atoms with Gasteiger partial charge in [-0.25, -0.2) is 8.42 Å². The van der Waals surface area contributed by atoms with Crippen LogP contribution < -0.4 is 14.8 Å². The second-order valence-electron chi connectivity index (χ2n) is 6.42. The highest BCUT2D eigenvalue weighted by molar-refractivity contribution is 7.91. The largest absolute Gasteiger partial charge is 0.486 e. The minimum absolute atomic E-state index is 0.0364. The van der Waals surface area contributed by atoms with Gasteiger partial charge in [-0.1, -0.05) is 6.07 Å². The van der Waals surface area contributed by atoms with Crippen molar-refractivity contribution in [1.29, 1.82) is 0 Å². The maximum Gasteiger partial charge on any atom is 0.224 e. The fraction of sp³-hybridized carbons (Fsp3) is 0.588. The smallest absolute Gasteiger partial charge is 0.224 e. The predicted octanol–water partition coefficient (Wildman–Crippen LogP) is 1.33. The number of hydrogen-bond donors (Lipinski definition) is 1. The van der Waals surface area contributed by atoms with Crippen LogP contribution in [0.3, 0.4) is 0 Å². The Morgan fingerprint density at radius 1 is 1.21 bits per heavy atom. The quantitative estimate of drug-likeness (QED) is 0.781. The fourth-order valence-corrected chi connectivity index (χ4v) is 5.07. The third-order valence-corrected chi connectivity index (χ3v) is 6.25. The minimum Gasteiger partial charge on any atom is -0.486 e. The molecule has 1 aromatic carbocycles. The van der Waals surface area contributed by atoms with Gasteiger partial charge in [0.05, 0.1) is 17.9 Å². The molecule has 7 heteroatoms. The van der Waals surface area contributed by atoms with Crippen LogP contribution in [0.1, 0.15) is 24.8 Å². The SMILES string of the molecule is O=C(Cc1ccc2c(c1)OCCO2)NCCCC1CCS(=O)(=O)C1. The molecule has 1 unspecified atom stereocenters. The maximum absolute atomic E-state index is 12.0. The minimum atomic E-state index is -2.81. The van der Waals surface area contributed by atoms with Crippen molar-refractivity contribution >= 4 is 15.7 Å². The van der Waals surface area contributed by atoms with Crippen LogP contribution in [0.25, 0.3) is 0 Å². The lowest BCUT2D eigenvalue weighted by Gasteiger charge is -2.18. The number of sulfone groups is 1. The van der Waals surface area contributed by atoms with Crippen molar-refractivity contribution in [3.05, 3.63) is 23.8 Å². The summed E-state index contributed by atoms with van der Waals surface area (Å²) < 4.78 is 33.8. The molecule has 1 amide bonds. The van der Waals surface area contributed by atoms with Crippen LogP contribution in [0.2, 0.25) is 0 Å². The van der Waals surface area contributed by atoms with E-state index in [9.17, 15) is 13.2 Å². The van der Waals surface area contributed by atoms with Crippen molar-refractivity contribution in [2.75, 3.05) is 31.3 Å². The van der Waals surface area contributed by atoms with Crippen LogP contribution in [0.5, 0.6) is 11.5 Å². The van der Waals surface area contributed by atoms with Crippen LogP contribution in [-0.2, 0) is 21.1 Å². The Kier molecular flexibility index (Phi) is 5.28. The van der Waals surface area contributed by atoms with Crippen molar-refractivity contribution in [2.24, 2.45) is 5.92 Å². The average Bonchev–Trinajstić information content (AvgIpc) is 2.90. The highest BCUT2D eigenvalue weighted by atomic mass is 32.2. The molecule has 1 N–H and O–H groups in total. The zero-order chi connectivity index (χ0) is 17.0. The van der Waals surface area contributed by atoms with Crippen LogP contribution in [0.4, 0.5) is 0 Å². The van der Waals surface area contributed by atoms with E-state index in [2.05, 4.69) is 5.32 Å².